The average Bonchev–Trinajstić information content (AvgIpc) is 3.02. The first kappa shape index (κ1) is 15.1. The fraction of sp³-hybridized carbons (Fsp3) is 0.750. The van der Waals surface area contributed by atoms with Gasteiger partial charge in [0.05, 0.1) is 26.9 Å². The SMILES string of the molecule is C1CO1.CCCOC(=O)OC.O=C=O. The summed E-state index contributed by atoms with van der Waals surface area (Å²) in [7, 11) is 1.29. The summed E-state index contributed by atoms with van der Waals surface area (Å²) in [5.74, 6) is 0. The molecule has 0 radical (unpaired) electrons. The Kier molecular flexibility index (Phi) is 15.3. The van der Waals surface area contributed by atoms with E-state index in [4.69, 9.17) is 9.59 Å². The highest BCUT2D eigenvalue weighted by molar-refractivity contribution is 5.59. The number of hydrogen-bond acceptors (Lipinski definition) is 6. The second-order valence-electron chi connectivity index (χ2n) is 2.00. The molecule has 1 aliphatic heterocycles. The van der Waals surface area contributed by atoms with E-state index in [0.717, 1.165) is 19.6 Å². The molecule has 0 aromatic rings. The minimum atomic E-state index is -0.605. The average molecular weight is 206 g/mol. The first-order valence-corrected chi connectivity index (χ1v) is 4.00. The van der Waals surface area contributed by atoms with E-state index in [1.165, 1.54) is 7.11 Å². The summed E-state index contributed by atoms with van der Waals surface area (Å²) in [5.41, 5.74) is 0. The van der Waals surface area contributed by atoms with E-state index in [1.807, 2.05) is 6.92 Å². The minimum absolute atomic E-state index is 0.250. The molecule has 0 aromatic carbocycles. The molecule has 0 saturated carbocycles. The van der Waals surface area contributed by atoms with Crippen LogP contribution in [0.15, 0.2) is 0 Å². The van der Waals surface area contributed by atoms with Crippen molar-refractivity contribution < 1.29 is 28.6 Å². The second-order valence-corrected chi connectivity index (χ2v) is 2.00. The Balaban J connectivity index is 0. The topological polar surface area (TPSA) is 82.2 Å². The van der Waals surface area contributed by atoms with Crippen LogP contribution in [-0.4, -0.2) is 39.2 Å². The first-order valence-electron chi connectivity index (χ1n) is 4.00. The number of carbonyl (C=O) groups is 1. The number of hydrogen-bond donors (Lipinski definition) is 0. The third-order valence-corrected chi connectivity index (χ3v) is 0.795. The Labute approximate surface area is 82.1 Å². The van der Waals surface area contributed by atoms with Gasteiger partial charge in [-0.1, -0.05) is 6.92 Å². The van der Waals surface area contributed by atoms with E-state index >= 15 is 0 Å². The van der Waals surface area contributed by atoms with Gasteiger partial charge in [-0.15, -0.1) is 0 Å². The lowest BCUT2D eigenvalue weighted by Gasteiger charge is -1.97. The van der Waals surface area contributed by atoms with Gasteiger partial charge in [0, 0.05) is 0 Å². The highest BCUT2D eigenvalue weighted by Gasteiger charge is 1.95. The molecule has 0 aliphatic carbocycles. The van der Waals surface area contributed by atoms with Gasteiger partial charge in [-0.3, -0.25) is 0 Å². The minimum Gasteiger partial charge on any atom is -0.438 e. The molecule has 1 rings (SSSR count). The maximum Gasteiger partial charge on any atom is 0.507 e. The lowest BCUT2D eigenvalue weighted by Crippen LogP contribution is -2.03. The summed E-state index contributed by atoms with van der Waals surface area (Å²) in [6, 6.07) is 0. The van der Waals surface area contributed by atoms with Crippen molar-refractivity contribution in [1.82, 2.24) is 0 Å². The molecule has 0 spiro atoms. The Morgan fingerprint density at radius 2 is 1.86 bits per heavy atom. The number of ether oxygens (including phenoxy) is 3. The van der Waals surface area contributed by atoms with Crippen molar-refractivity contribution in [2.24, 2.45) is 0 Å². The molecule has 0 aromatic heterocycles. The molecule has 1 heterocycles. The lowest BCUT2D eigenvalue weighted by molar-refractivity contribution is -0.191. The lowest BCUT2D eigenvalue weighted by atomic mass is 10.5. The maximum absolute atomic E-state index is 10.1. The van der Waals surface area contributed by atoms with Crippen LogP contribution < -0.4 is 0 Å². The fourth-order valence-corrected chi connectivity index (χ4v) is 0.244. The van der Waals surface area contributed by atoms with Crippen molar-refractivity contribution in [3.63, 3.8) is 0 Å². The van der Waals surface area contributed by atoms with Gasteiger partial charge in [0.15, 0.2) is 0 Å². The van der Waals surface area contributed by atoms with Gasteiger partial charge >= 0.3 is 12.3 Å². The molecule has 0 atom stereocenters. The molecule has 14 heavy (non-hydrogen) atoms. The summed E-state index contributed by atoms with van der Waals surface area (Å²) in [4.78, 5) is 26.4. The smallest absolute Gasteiger partial charge is 0.438 e. The predicted molar refractivity (Wildman–Crippen MR) is 44.5 cm³/mol. The van der Waals surface area contributed by atoms with E-state index in [2.05, 4.69) is 14.2 Å². The summed E-state index contributed by atoms with van der Waals surface area (Å²) >= 11 is 0. The zero-order valence-corrected chi connectivity index (χ0v) is 8.28. The van der Waals surface area contributed by atoms with E-state index in [9.17, 15) is 4.79 Å². The van der Waals surface area contributed by atoms with Gasteiger partial charge in [-0.2, -0.15) is 9.59 Å². The standard InChI is InChI=1S/C5H10O3.C2H4O.CO2/c1-3-4-8-5(6)7-2;1-2-3-1;2-1-3/h3-4H2,1-2H3;1-2H2;. The molecule has 82 valence electrons. The number of methoxy groups -OCH3 is 1. The van der Waals surface area contributed by atoms with Crippen molar-refractivity contribution in [3.05, 3.63) is 0 Å². The summed E-state index contributed by atoms with van der Waals surface area (Å²) in [6.45, 7) is 4.36. The highest BCUT2D eigenvalue weighted by atomic mass is 16.7. The number of carbonyl (C=O) groups excluding carboxylic acids is 3. The van der Waals surface area contributed by atoms with Crippen LogP contribution >= 0.6 is 0 Å². The van der Waals surface area contributed by atoms with Gasteiger partial charge in [0.2, 0.25) is 0 Å². The van der Waals surface area contributed by atoms with Gasteiger partial charge in [-0.05, 0) is 6.42 Å². The number of rotatable bonds is 2. The molecule has 1 aliphatic rings. The van der Waals surface area contributed by atoms with E-state index in [1.54, 1.807) is 0 Å². The van der Waals surface area contributed by atoms with Crippen molar-refractivity contribution in [2.75, 3.05) is 26.9 Å². The third kappa shape index (κ3) is 31.1. The molecule has 6 heteroatoms. The van der Waals surface area contributed by atoms with Crippen LogP contribution in [0.3, 0.4) is 0 Å². The summed E-state index contributed by atoms with van der Waals surface area (Å²) < 4.78 is 13.2. The van der Waals surface area contributed by atoms with E-state index in [0.29, 0.717) is 6.61 Å². The molecule has 6 nitrogen and oxygen atoms in total. The Hall–Kier alpha value is -1.39. The Bertz CT molecular complexity index is 156. The quantitative estimate of drug-likeness (QED) is 0.486. The summed E-state index contributed by atoms with van der Waals surface area (Å²) in [5, 5.41) is 0. The fourth-order valence-electron chi connectivity index (χ4n) is 0.244. The highest BCUT2D eigenvalue weighted by Crippen LogP contribution is 1.84. The molecule has 0 bridgehead atoms. The van der Waals surface area contributed by atoms with Crippen molar-refractivity contribution in [1.29, 1.82) is 0 Å². The van der Waals surface area contributed by atoms with Crippen LogP contribution in [-0.2, 0) is 23.8 Å². The molecule has 0 amide bonds. The normalized spacial score (nSPS) is 10.4. The monoisotopic (exact) mass is 206 g/mol. The van der Waals surface area contributed by atoms with Crippen LogP contribution in [0.25, 0.3) is 0 Å². The zero-order chi connectivity index (χ0) is 11.2. The van der Waals surface area contributed by atoms with Gasteiger partial charge in [0.1, 0.15) is 0 Å². The second kappa shape index (κ2) is 14.2. The Morgan fingerprint density at radius 1 is 1.43 bits per heavy atom. The molecular formula is C8H14O6. The van der Waals surface area contributed by atoms with Crippen LogP contribution in [0.2, 0.25) is 0 Å². The van der Waals surface area contributed by atoms with E-state index < -0.39 is 6.16 Å². The molecule has 1 saturated heterocycles. The van der Waals surface area contributed by atoms with Crippen LogP contribution in [0.4, 0.5) is 4.79 Å². The van der Waals surface area contributed by atoms with Gasteiger partial charge < -0.3 is 14.2 Å². The maximum atomic E-state index is 10.1. The number of epoxide rings is 1. The zero-order valence-electron chi connectivity index (χ0n) is 8.28. The van der Waals surface area contributed by atoms with E-state index in [-0.39, 0.29) is 6.15 Å². The van der Waals surface area contributed by atoms with Crippen molar-refractivity contribution in [2.45, 2.75) is 13.3 Å². The van der Waals surface area contributed by atoms with Crippen molar-refractivity contribution in [3.8, 4) is 0 Å². The van der Waals surface area contributed by atoms with Crippen LogP contribution in [0.1, 0.15) is 13.3 Å². The van der Waals surface area contributed by atoms with Crippen LogP contribution in [0.5, 0.6) is 0 Å². The third-order valence-electron chi connectivity index (χ3n) is 0.795. The molecular weight excluding hydrogens is 192 g/mol. The molecule has 1 fully saturated rings. The predicted octanol–water partition coefficient (Wildman–Crippen LogP) is 0.613. The molecule has 0 N–H and O–H groups in total. The summed E-state index contributed by atoms with van der Waals surface area (Å²) in [6.07, 6.45) is 0.474. The van der Waals surface area contributed by atoms with Crippen molar-refractivity contribution >= 4 is 12.3 Å². The van der Waals surface area contributed by atoms with Gasteiger partial charge in [-0.25, -0.2) is 4.79 Å². The van der Waals surface area contributed by atoms with Gasteiger partial charge in [0.25, 0.3) is 0 Å². The Morgan fingerprint density at radius 3 is 2.07 bits per heavy atom. The first-order chi connectivity index (χ1) is 6.72. The molecule has 0 unspecified atom stereocenters. The van der Waals surface area contributed by atoms with Crippen LogP contribution in [0, 0.1) is 0 Å². The largest absolute Gasteiger partial charge is 0.507 e.